The Morgan fingerprint density at radius 2 is 2.33 bits per heavy atom. The summed E-state index contributed by atoms with van der Waals surface area (Å²) >= 11 is 0. The van der Waals surface area contributed by atoms with E-state index in [0.29, 0.717) is 12.2 Å². The molecule has 4 N–H and O–H groups in total. The smallest absolute Gasteiger partial charge is 0.325 e. The third-order valence-electron chi connectivity index (χ3n) is 2.49. The molecule has 1 atom stereocenters. The Morgan fingerprint density at radius 1 is 1.61 bits per heavy atom. The van der Waals surface area contributed by atoms with Gasteiger partial charge in [-0.1, -0.05) is 13.3 Å². The quantitative estimate of drug-likeness (QED) is 0.647. The summed E-state index contributed by atoms with van der Waals surface area (Å²) in [5.41, 5.74) is 6.01. The number of amides is 1. The Morgan fingerprint density at radius 3 is 2.89 bits per heavy atom. The molecule has 1 aromatic rings. The molecule has 0 spiro atoms. The van der Waals surface area contributed by atoms with Gasteiger partial charge in [0.15, 0.2) is 0 Å². The number of rotatable bonds is 7. The monoisotopic (exact) mass is 254 g/mol. The van der Waals surface area contributed by atoms with Gasteiger partial charge < -0.3 is 16.2 Å². The van der Waals surface area contributed by atoms with Crippen LogP contribution in [0.25, 0.3) is 0 Å². The predicted octanol–water partition coefficient (Wildman–Crippen LogP) is 0.281. The van der Waals surface area contributed by atoms with E-state index in [1.807, 2.05) is 6.92 Å². The lowest BCUT2D eigenvalue weighted by Gasteiger charge is -2.12. The van der Waals surface area contributed by atoms with E-state index >= 15 is 0 Å². The first-order chi connectivity index (χ1) is 8.56. The first-order valence-corrected chi connectivity index (χ1v) is 5.82. The van der Waals surface area contributed by atoms with Gasteiger partial charge in [0.25, 0.3) is 0 Å². The molecule has 1 heterocycles. The Labute approximate surface area is 105 Å². The predicted molar refractivity (Wildman–Crippen MR) is 65.9 cm³/mol. The highest BCUT2D eigenvalue weighted by Gasteiger charge is 2.16. The largest absolute Gasteiger partial charge is 0.480 e. The minimum atomic E-state index is -0.984. The van der Waals surface area contributed by atoms with Gasteiger partial charge in [-0.05, 0) is 6.42 Å². The van der Waals surface area contributed by atoms with Gasteiger partial charge >= 0.3 is 5.97 Å². The van der Waals surface area contributed by atoms with Gasteiger partial charge in [0.2, 0.25) is 5.91 Å². The Hall–Kier alpha value is -1.89. The summed E-state index contributed by atoms with van der Waals surface area (Å²) in [6.07, 6.45) is 4.51. The van der Waals surface area contributed by atoms with E-state index in [-0.39, 0.29) is 18.4 Å². The Balaban J connectivity index is 2.58. The summed E-state index contributed by atoms with van der Waals surface area (Å²) in [6.45, 7) is 2.05. The normalized spacial score (nSPS) is 12.1. The molecule has 1 amide bonds. The minimum Gasteiger partial charge on any atom is -0.480 e. The molecule has 1 unspecified atom stereocenters. The fourth-order valence-corrected chi connectivity index (χ4v) is 1.60. The van der Waals surface area contributed by atoms with Gasteiger partial charge in [0.05, 0.1) is 17.8 Å². The third-order valence-corrected chi connectivity index (χ3v) is 2.49. The maximum Gasteiger partial charge on any atom is 0.325 e. The lowest BCUT2D eigenvalue weighted by atomic mass is 10.0. The van der Waals surface area contributed by atoms with Gasteiger partial charge in [-0.3, -0.25) is 14.3 Å². The average molecular weight is 254 g/mol. The number of aromatic nitrogens is 2. The fourth-order valence-electron chi connectivity index (χ4n) is 1.60. The van der Waals surface area contributed by atoms with Gasteiger partial charge in [-0.15, -0.1) is 0 Å². The summed E-state index contributed by atoms with van der Waals surface area (Å²) in [5, 5.41) is 15.1. The van der Waals surface area contributed by atoms with Gasteiger partial charge in [-0.2, -0.15) is 5.10 Å². The van der Waals surface area contributed by atoms with Crippen LogP contribution in [-0.4, -0.2) is 33.3 Å². The van der Waals surface area contributed by atoms with Crippen molar-refractivity contribution in [2.75, 3.05) is 11.9 Å². The van der Waals surface area contributed by atoms with E-state index in [2.05, 4.69) is 10.4 Å². The van der Waals surface area contributed by atoms with Gasteiger partial charge in [-0.25, -0.2) is 0 Å². The number of carbonyl (C=O) groups is 2. The molecule has 1 rings (SSSR count). The standard InChI is InChI=1S/C11H18N4O3/c1-2-3-8(4-12)11(18)14-9-5-13-15(6-9)7-10(16)17/h5-6,8H,2-4,7,12H2,1H3,(H,14,18)(H,16,17). The van der Waals surface area contributed by atoms with Crippen molar-refractivity contribution in [2.24, 2.45) is 11.7 Å². The van der Waals surface area contributed by atoms with Crippen molar-refractivity contribution in [3.8, 4) is 0 Å². The highest BCUT2D eigenvalue weighted by molar-refractivity contribution is 5.92. The molecule has 0 aliphatic heterocycles. The van der Waals surface area contributed by atoms with Crippen molar-refractivity contribution in [2.45, 2.75) is 26.3 Å². The molecule has 0 aliphatic carbocycles. The molecular weight excluding hydrogens is 236 g/mol. The first kappa shape index (κ1) is 14.2. The summed E-state index contributed by atoms with van der Waals surface area (Å²) in [7, 11) is 0. The van der Waals surface area contributed by atoms with E-state index < -0.39 is 5.97 Å². The van der Waals surface area contributed by atoms with Crippen molar-refractivity contribution >= 4 is 17.6 Å². The number of nitrogens with two attached hydrogens (primary N) is 1. The summed E-state index contributed by atoms with van der Waals surface area (Å²) in [5.74, 6) is -1.37. The Bertz CT molecular complexity index is 416. The maximum atomic E-state index is 11.8. The molecule has 0 saturated carbocycles. The van der Waals surface area contributed by atoms with Crippen LogP contribution in [0.15, 0.2) is 12.4 Å². The second kappa shape index (κ2) is 6.75. The number of nitrogens with one attached hydrogen (secondary N) is 1. The third kappa shape index (κ3) is 4.17. The van der Waals surface area contributed by atoms with Crippen LogP contribution in [0.1, 0.15) is 19.8 Å². The molecule has 18 heavy (non-hydrogen) atoms. The highest BCUT2D eigenvalue weighted by atomic mass is 16.4. The van der Waals surface area contributed by atoms with Crippen molar-refractivity contribution in [1.82, 2.24) is 9.78 Å². The molecule has 100 valence electrons. The minimum absolute atomic E-state index is 0.158. The molecule has 0 aliphatic rings. The number of carboxylic acid groups (broad SMARTS) is 1. The molecule has 7 heteroatoms. The number of carbonyl (C=O) groups excluding carboxylic acids is 1. The van der Waals surface area contributed by atoms with Gasteiger partial charge in [0, 0.05) is 12.7 Å². The number of anilines is 1. The topological polar surface area (TPSA) is 110 Å². The molecule has 1 aromatic heterocycles. The molecule has 0 aromatic carbocycles. The fraction of sp³-hybridized carbons (Fsp3) is 0.545. The first-order valence-electron chi connectivity index (χ1n) is 5.82. The zero-order chi connectivity index (χ0) is 13.5. The van der Waals surface area contributed by atoms with Crippen LogP contribution < -0.4 is 11.1 Å². The average Bonchev–Trinajstić information content (AvgIpc) is 2.72. The van der Waals surface area contributed by atoms with Crippen molar-refractivity contribution < 1.29 is 14.7 Å². The van der Waals surface area contributed by atoms with Crippen molar-refractivity contribution in [3.05, 3.63) is 12.4 Å². The molecular formula is C11H18N4O3. The summed E-state index contributed by atoms with van der Waals surface area (Å²) in [6, 6.07) is 0. The lowest BCUT2D eigenvalue weighted by Crippen LogP contribution is -2.29. The second-order valence-electron chi connectivity index (χ2n) is 4.03. The zero-order valence-corrected chi connectivity index (χ0v) is 10.3. The zero-order valence-electron chi connectivity index (χ0n) is 10.3. The number of hydrogen-bond acceptors (Lipinski definition) is 4. The van der Waals surface area contributed by atoms with E-state index in [4.69, 9.17) is 10.8 Å². The van der Waals surface area contributed by atoms with E-state index in [0.717, 1.165) is 12.8 Å². The summed E-state index contributed by atoms with van der Waals surface area (Å²) in [4.78, 5) is 22.3. The lowest BCUT2D eigenvalue weighted by molar-refractivity contribution is -0.137. The van der Waals surface area contributed by atoms with E-state index in [1.165, 1.54) is 17.1 Å². The van der Waals surface area contributed by atoms with Crippen LogP contribution >= 0.6 is 0 Å². The molecule has 0 radical (unpaired) electrons. The van der Waals surface area contributed by atoms with E-state index in [1.54, 1.807) is 0 Å². The van der Waals surface area contributed by atoms with E-state index in [9.17, 15) is 9.59 Å². The molecule has 0 fully saturated rings. The van der Waals surface area contributed by atoms with Crippen LogP contribution in [0.2, 0.25) is 0 Å². The van der Waals surface area contributed by atoms with Crippen LogP contribution in [0.4, 0.5) is 5.69 Å². The van der Waals surface area contributed by atoms with Crippen molar-refractivity contribution in [3.63, 3.8) is 0 Å². The SMILES string of the molecule is CCCC(CN)C(=O)Nc1cnn(CC(=O)O)c1. The Kier molecular flexibility index (Phi) is 5.31. The summed E-state index contributed by atoms with van der Waals surface area (Å²) < 4.78 is 1.25. The molecule has 0 bridgehead atoms. The van der Waals surface area contributed by atoms with Crippen LogP contribution in [0.3, 0.4) is 0 Å². The van der Waals surface area contributed by atoms with Crippen molar-refractivity contribution in [1.29, 1.82) is 0 Å². The second-order valence-corrected chi connectivity index (χ2v) is 4.03. The molecule has 0 saturated heterocycles. The number of hydrogen-bond donors (Lipinski definition) is 3. The van der Waals surface area contributed by atoms with Crippen LogP contribution in [0, 0.1) is 5.92 Å². The number of carboxylic acids is 1. The highest BCUT2D eigenvalue weighted by Crippen LogP contribution is 2.10. The van der Waals surface area contributed by atoms with Crippen LogP contribution in [-0.2, 0) is 16.1 Å². The molecule has 7 nitrogen and oxygen atoms in total. The van der Waals surface area contributed by atoms with Gasteiger partial charge in [0.1, 0.15) is 6.54 Å². The maximum absolute atomic E-state index is 11.8. The number of nitrogens with zero attached hydrogens (tertiary/aromatic N) is 2. The van der Waals surface area contributed by atoms with Crippen LogP contribution in [0.5, 0.6) is 0 Å². The number of aliphatic carboxylic acids is 1.